The van der Waals surface area contributed by atoms with E-state index in [1.807, 2.05) is 0 Å². The molecule has 0 aliphatic heterocycles. The number of aromatic hydroxyl groups is 9. The summed E-state index contributed by atoms with van der Waals surface area (Å²) in [5.74, 6) is -7.30. The quantitative estimate of drug-likeness (QED) is 0.106. The minimum Gasteiger partial charge on any atom is -0.508 e. The van der Waals surface area contributed by atoms with Crippen LogP contribution in [0, 0.1) is 0 Å². The van der Waals surface area contributed by atoms with Crippen molar-refractivity contribution in [2.45, 2.75) is 6.42 Å². The Morgan fingerprint density at radius 1 is 0.452 bits per heavy atom. The summed E-state index contributed by atoms with van der Waals surface area (Å²) >= 11 is 5.97. The third-order valence-corrected chi connectivity index (χ3v) is 6.11. The van der Waals surface area contributed by atoms with Gasteiger partial charge in [0.25, 0.3) is 0 Å². The van der Waals surface area contributed by atoms with Crippen LogP contribution in [0.4, 0.5) is 0 Å². The van der Waals surface area contributed by atoms with Crippen LogP contribution >= 0.6 is 11.6 Å². The van der Waals surface area contributed by atoms with Crippen LogP contribution < -0.4 is 10.9 Å². The molecule has 0 unspecified atom stereocenters. The summed E-state index contributed by atoms with van der Waals surface area (Å²) in [6.07, 6.45) is -0.123. The average molecular weight is 444 g/mol. The molecule has 158 valence electrons. The maximum absolute atomic E-state index is 11.0. The molecule has 9 N–H and O–H groups in total. The molecular weight excluding hydrogens is 429 g/mol. The lowest BCUT2D eigenvalue weighted by atomic mass is 9.79. The second-order valence-electron chi connectivity index (χ2n) is 7.34. The summed E-state index contributed by atoms with van der Waals surface area (Å²) in [5, 5.41) is 92.3. The van der Waals surface area contributed by atoms with Gasteiger partial charge in [0.15, 0.2) is 11.5 Å². The number of halogens is 1. The van der Waals surface area contributed by atoms with E-state index in [4.69, 9.17) is 11.6 Å². The van der Waals surface area contributed by atoms with Crippen molar-refractivity contribution in [2.24, 2.45) is 0 Å². The molecule has 0 bridgehead atoms. The van der Waals surface area contributed by atoms with Crippen LogP contribution in [0.25, 0.3) is 22.3 Å². The summed E-state index contributed by atoms with van der Waals surface area (Å²) in [6.45, 7) is 0. The van der Waals surface area contributed by atoms with E-state index in [0.29, 0.717) is 0 Å². The standard InChI is InChI=1S/C19H15B2ClO9/c20-8-4-2(12(24)10(22)16(8)28)1-3-5(4)13(25)9(21)6(11(3)23)7-14(26)17(29)19(31)18(30)15(7)27/h23-31H,1,20-21H2. The molecule has 0 amide bonds. The predicted octanol–water partition coefficient (Wildman–Crippen LogP) is -0.555. The molecule has 3 aromatic carbocycles. The van der Waals surface area contributed by atoms with Crippen LogP contribution in [-0.2, 0) is 6.42 Å². The van der Waals surface area contributed by atoms with Gasteiger partial charge in [0.05, 0.1) is 5.56 Å². The highest BCUT2D eigenvalue weighted by Crippen LogP contribution is 2.58. The first-order valence-electron chi connectivity index (χ1n) is 8.91. The fourth-order valence-corrected chi connectivity index (χ4v) is 4.38. The highest BCUT2D eigenvalue weighted by atomic mass is 35.5. The topological polar surface area (TPSA) is 182 Å². The Bertz CT molecular complexity index is 1310. The molecule has 3 aromatic rings. The fraction of sp³-hybridized carbons (Fsp3) is 0.0526. The third-order valence-electron chi connectivity index (χ3n) is 5.75. The van der Waals surface area contributed by atoms with E-state index in [2.05, 4.69) is 0 Å². The largest absolute Gasteiger partial charge is 0.508 e. The van der Waals surface area contributed by atoms with Crippen LogP contribution in [0.3, 0.4) is 0 Å². The summed E-state index contributed by atoms with van der Waals surface area (Å²) in [7, 11) is 2.86. The lowest BCUT2D eigenvalue weighted by Gasteiger charge is -2.20. The molecule has 12 heteroatoms. The highest BCUT2D eigenvalue weighted by Gasteiger charge is 2.36. The Hall–Kier alpha value is -3.72. The van der Waals surface area contributed by atoms with Crippen molar-refractivity contribution >= 4 is 38.2 Å². The zero-order valence-corrected chi connectivity index (χ0v) is 16.9. The van der Waals surface area contributed by atoms with E-state index in [1.165, 1.54) is 15.7 Å². The van der Waals surface area contributed by atoms with Crippen LogP contribution in [0.2, 0.25) is 5.02 Å². The van der Waals surface area contributed by atoms with Crippen molar-refractivity contribution in [1.82, 2.24) is 0 Å². The molecule has 0 atom stereocenters. The van der Waals surface area contributed by atoms with Crippen molar-refractivity contribution in [1.29, 1.82) is 0 Å². The normalized spacial score (nSPS) is 12.0. The van der Waals surface area contributed by atoms with E-state index >= 15 is 0 Å². The van der Waals surface area contributed by atoms with Gasteiger partial charge in [-0.2, -0.15) is 0 Å². The average Bonchev–Trinajstić information content (AvgIpc) is 3.15. The molecule has 1 aliphatic carbocycles. The van der Waals surface area contributed by atoms with E-state index in [0.717, 1.165) is 0 Å². The molecule has 0 heterocycles. The Balaban J connectivity index is 2.13. The second-order valence-corrected chi connectivity index (χ2v) is 7.71. The van der Waals surface area contributed by atoms with Gasteiger partial charge in [-0.05, 0) is 16.5 Å². The summed E-state index contributed by atoms with van der Waals surface area (Å²) in [6, 6.07) is 0. The third kappa shape index (κ3) is 2.40. The monoisotopic (exact) mass is 444 g/mol. The van der Waals surface area contributed by atoms with Gasteiger partial charge in [0.1, 0.15) is 43.7 Å². The molecule has 9 nitrogen and oxygen atoms in total. The first-order valence-corrected chi connectivity index (χ1v) is 9.29. The maximum Gasteiger partial charge on any atom is 0.208 e. The number of phenolic OH excluding ortho intramolecular Hbond substituents is 9. The van der Waals surface area contributed by atoms with E-state index in [9.17, 15) is 46.0 Å². The summed E-state index contributed by atoms with van der Waals surface area (Å²) in [5.41, 5.74) is -0.0601. The number of hydrogen-bond acceptors (Lipinski definition) is 9. The number of fused-ring (bicyclic) bond motifs is 3. The van der Waals surface area contributed by atoms with Gasteiger partial charge in [0.2, 0.25) is 17.2 Å². The van der Waals surface area contributed by atoms with Crippen LogP contribution in [0.5, 0.6) is 51.7 Å². The molecular formula is C19H15B2ClO9. The van der Waals surface area contributed by atoms with Gasteiger partial charge in [-0.15, -0.1) is 0 Å². The van der Waals surface area contributed by atoms with Crippen molar-refractivity contribution in [3.8, 4) is 74.0 Å². The van der Waals surface area contributed by atoms with E-state index in [1.54, 1.807) is 0 Å². The molecule has 0 saturated carbocycles. The van der Waals surface area contributed by atoms with Gasteiger partial charge in [-0.25, -0.2) is 0 Å². The molecule has 0 radical (unpaired) electrons. The Kier molecular flexibility index (Phi) is 4.23. The fourth-order valence-electron chi connectivity index (χ4n) is 4.12. The van der Waals surface area contributed by atoms with Crippen molar-refractivity contribution in [3.63, 3.8) is 0 Å². The second kappa shape index (κ2) is 6.39. The van der Waals surface area contributed by atoms with Crippen molar-refractivity contribution in [2.75, 3.05) is 0 Å². The Labute approximate surface area is 181 Å². The van der Waals surface area contributed by atoms with Crippen LogP contribution in [0.15, 0.2) is 0 Å². The van der Waals surface area contributed by atoms with E-state index in [-0.39, 0.29) is 50.2 Å². The molecule has 1 aliphatic rings. The number of rotatable bonds is 1. The Morgan fingerprint density at radius 2 is 0.903 bits per heavy atom. The number of benzene rings is 3. The first kappa shape index (κ1) is 20.5. The minimum atomic E-state index is -1.17. The lowest BCUT2D eigenvalue weighted by molar-refractivity contribution is 0.330. The van der Waals surface area contributed by atoms with Crippen molar-refractivity contribution < 1.29 is 46.0 Å². The molecule has 0 aromatic heterocycles. The van der Waals surface area contributed by atoms with Gasteiger partial charge in [-0.1, -0.05) is 11.6 Å². The van der Waals surface area contributed by atoms with Crippen LogP contribution in [-0.4, -0.2) is 61.7 Å². The molecule has 4 rings (SSSR count). The van der Waals surface area contributed by atoms with Crippen LogP contribution in [0.1, 0.15) is 11.1 Å². The SMILES string of the molecule is Bc1c(O)c2c(c(O)c1-c1c(O)c(O)c(O)c(O)c1O)Cc1c(O)c(Cl)c(O)c(B)c1-2. The molecule has 0 spiro atoms. The lowest BCUT2D eigenvalue weighted by Crippen LogP contribution is -2.13. The molecule has 31 heavy (non-hydrogen) atoms. The predicted molar refractivity (Wildman–Crippen MR) is 116 cm³/mol. The van der Waals surface area contributed by atoms with E-state index < -0.39 is 57.3 Å². The zero-order chi connectivity index (χ0) is 23.1. The molecule has 0 fully saturated rings. The smallest absolute Gasteiger partial charge is 0.208 e. The first-order chi connectivity index (χ1) is 14.4. The van der Waals surface area contributed by atoms with Gasteiger partial charge in [-0.3, -0.25) is 0 Å². The summed E-state index contributed by atoms with van der Waals surface area (Å²) < 4.78 is 0. The summed E-state index contributed by atoms with van der Waals surface area (Å²) in [4.78, 5) is 0. The number of phenols is 9. The van der Waals surface area contributed by atoms with Gasteiger partial charge >= 0.3 is 0 Å². The number of hydrogen-bond donors (Lipinski definition) is 9. The highest BCUT2D eigenvalue weighted by molar-refractivity contribution is 6.44. The van der Waals surface area contributed by atoms with Crippen molar-refractivity contribution in [3.05, 3.63) is 16.1 Å². The van der Waals surface area contributed by atoms with Gasteiger partial charge in [0, 0.05) is 28.7 Å². The maximum atomic E-state index is 11.0. The Morgan fingerprint density at radius 3 is 1.45 bits per heavy atom. The minimum absolute atomic E-state index is 0.0625. The molecule has 0 saturated heterocycles. The van der Waals surface area contributed by atoms with Gasteiger partial charge < -0.3 is 46.0 Å². The zero-order valence-electron chi connectivity index (χ0n) is 16.1.